The van der Waals surface area contributed by atoms with Gasteiger partial charge < -0.3 is 15.2 Å². The molecule has 5 nitrogen and oxygen atoms in total. The van der Waals surface area contributed by atoms with Gasteiger partial charge in [0.05, 0.1) is 13.0 Å². The van der Waals surface area contributed by atoms with Gasteiger partial charge in [-0.15, -0.1) is 0 Å². The number of carboxylic acid groups (broad SMARTS) is 1. The Morgan fingerprint density at radius 3 is 2.29 bits per heavy atom. The fourth-order valence-electron chi connectivity index (χ4n) is 2.03. The molecule has 1 aromatic carbocycles. The summed E-state index contributed by atoms with van der Waals surface area (Å²) in [4.78, 5) is 22.8. The van der Waals surface area contributed by atoms with Crippen molar-refractivity contribution in [1.82, 2.24) is 5.32 Å². The molecule has 0 aliphatic heterocycles. The maximum Gasteiger partial charge on any atom is 0.326 e. The van der Waals surface area contributed by atoms with E-state index in [0.29, 0.717) is 0 Å². The van der Waals surface area contributed by atoms with Crippen LogP contribution in [0.25, 0.3) is 0 Å². The smallest absolute Gasteiger partial charge is 0.326 e. The van der Waals surface area contributed by atoms with E-state index in [0.717, 1.165) is 16.9 Å². The third-order valence-electron chi connectivity index (χ3n) is 3.23. The van der Waals surface area contributed by atoms with E-state index in [-0.39, 0.29) is 24.9 Å². The van der Waals surface area contributed by atoms with Gasteiger partial charge in [0.1, 0.15) is 11.8 Å². The average molecular weight is 293 g/mol. The molecule has 1 atom stereocenters. The van der Waals surface area contributed by atoms with Gasteiger partial charge in [-0.1, -0.05) is 32.0 Å². The molecule has 0 radical (unpaired) electrons. The highest BCUT2D eigenvalue weighted by atomic mass is 16.5. The Labute approximate surface area is 125 Å². The number of aliphatic carboxylic acids is 1. The van der Waals surface area contributed by atoms with E-state index in [4.69, 9.17) is 9.84 Å². The number of carboxylic acids is 1. The molecule has 0 bridgehead atoms. The fourth-order valence-corrected chi connectivity index (χ4v) is 2.03. The molecule has 0 aliphatic carbocycles. The number of rotatable bonds is 7. The molecular weight excluding hydrogens is 270 g/mol. The summed E-state index contributed by atoms with van der Waals surface area (Å²) in [7, 11) is 0. The second kappa shape index (κ2) is 7.67. The van der Waals surface area contributed by atoms with Crippen molar-refractivity contribution in [3.05, 3.63) is 29.3 Å². The van der Waals surface area contributed by atoms with E-state index in [1.807, 2.05) is 32.0 Å². The van der Waals surface area contributed by atoms with Crippen LogP contribution in [-0.2, 0) is 9.59 Å². The Balaban J connectivity index is 2.49. The van der Waals surface area contributed by atoms with Crippen molar-refractivity contribution < 1.29 is 19.4 Å². The number of ether oxygens (including phenoxy) is 1. The molecule has 0 aliphatic rings. The van der Waals surface area contributed by atoms with Crippen LogP contribution in [0.5, 0.6) is 5.75 Å². The molecule has 0 saturated heterocycles. The molecule has 21 heavy (non-hydrogen) atoms. The van der Waals surface area contributed by atoms with Crippen LogP contribution in [0.15, 0.2) is 18.2 Å². The van der Waals surface area contributed by atoms with Crippen molar-refractivity contribution >= 4 is 11.9 Å². The highest BCUT2D eigenvalue weighted by Crippen LogP contribution is 2.22. The van der Waals surface area contributed by atoms with Crippen LogP contribution in [0.2, 0.25) is 0 Å². The molecule has 1 amide bonds. The Morgan fingerprint density at radius 1 is 1.24 bits per heavy atom. The minimum absolute atomic E-state index is 0.129. The lowest BCUT2D eigenvalue weighted by atomic mass is 10.0. The molecule has 0 heterocycles. The standard InChI is InChI=1S/C16H23NO4/c1-10(2)14(16(19)20)17-13(18)8-9-21-15-11(3)6-5-7-12(15)4/h5-7,10,14H,8-9H2,1-4H3,(H,17,18)(H,19,20)/t14-/m1/s1. The second-order valence-electron chi connectivity index (χ2n) is 5.45. The van der Waals surface area contributed by atoms with Crippen molar-refractivity contribution in [1.29, 1.82) is 0 Å². The SMILES string of the molecule is Cc1cccc(C)c1OCCC(=O)N[C@@H](C(=O)O)C(C)C. The van der Waals surface area contributed by atoms with Crippen molar-refractivity contribution in [2.75, 3.05) is 6.61 Å². The highest BCUT2D eigenvalue weighted by Gasteiger charge is 2.23. The summed E-state index contributed by atoms with van der Waals surface area (Å²) in [5.41, 5.74) is 2.03. The predicted molar refractivity (Wildman–Crippen MR) is 80.4 cm³/mol. The van der Waals surface area contributed by atoms with E-state index in [1.165, 1.54) is 0 Å². The number of aryl methyl sites for hydroxylation is 2. The summed E-state index contributed by atoms with van der Waals surface area (Å²) in [5, 5.41) is 11.5. The number of hydrogen-bond acceptors (Lipinski definition) is 3. The lowest BCUT2D eigenvalue weighted by Gasteiger charge is -2.18. The maximum absolute atomic E-state index is 11.8. The fraction of sp³-hybridized carbons (Fsp3) is 0.500. The zero-order valence-electron chi connectivity index (χ0n) is 13.0. The summed E-state index contributed by atoms with van der Waals surface area (Å²) >= 11 is 0. The topological polar surface area (TPSA) is 75.6 Å². The predicted octanol–water partition coefficient (Wildman–Crippen LogP) is 2.30. The van der Waals surface area contributed by atoms with Gasteiger partial charge in [0.25, 0.3) is 0 Å². The molecule has 0 saturated carbocycles. The van der Waals surface area contributed by atoms with Crippen molar-refractivity contribution in [3.63, 3.8) is 0 Å². The van der Waals surface area contributed by atoms with E-state index in [1.54, 1.807) is 13.8 Å². The first-order chi connectivity index (χ1) is 9.82. The molecule has 1 rings (SSSR count). The summed E-state index contributed by atoms with van der Waals surface area (Å²) in [5.74, 6) is -0.716. The van der Waals surface area contributed by atoms with Gasteiger partial charge in [0.15, 0.2) is 0 Å². The van der Waals surface area contributed by atoms with Gasteiger partial charge in [0, 0.05) is 0 Å². The van der Waals surface area contributed by atoms with Gasteiger partial charge >= 0.3 is 5.97 Å². The normalized spacial score (nSPS) is 12.0. The number of hydrogen-bond donors (Lipinski definition) is 2. The molecule has 2 N–H and O–H groups in total. The molecular formula is C16H23NO4. The van der Waals surface area contributed by atoms with Crippen LogP contribution in [0.1, 0.15) is 31.4 Å². The van der Waals surface area contributed by atoms with Gasteiger partial charge in [-0.25, -0.2) is 4.79 Å². The van der Waals surface area contributed by atoms with Crippen LogP contribution in [0.4, 0.5) is 0 Å². The van der Waals surface area contributed by atoms with Crippen LogP contribution in [0.3, 0.4) is 0 Å². The number of amides is 1. The summed E-state index contributed by atoms with van der Waals surface area (Å²) < 4.78 is 5.63. The third-order valence-corrected chi connectivity index (χ3v) is 3.23. The van der Waals surface area contributed by atoms with Crippen LogP contribution in [-0.4, -0.2) is 29.6 Å². The first-order valence-corrected chi connectivity index (χ1v) is 7.04. The van der Waals surface area contributed by atoms with Crippen molar-refractivity contribution in [2.24, 2.45) is 5.92 Å². The number of nitrogens with one attached hydrogen (secondary N) is 1. The summed E-state index contributed by atoms with van der Waals surface area (Å²) in [6.45, 7) is 7.63. The van der Waals surface area contributed by atoms with E-state index in [9.17, 15) is 9.59 Å². The number of carbonyl (C=O) groups is 2. The van der Waals surface area contributed by atoms with E-state index >= 15 is 0 Å². The summed E-state index contributed by atoms with van der Waals surface area (Å²) in [6, 6.07) is 4.98. The Kier molecular flexibility index (Phi) is 6.21. The van der Waals surface area contributed by atoms with E-state index < -0.39 is 12.0 Å². The Hall–Kier alpha value is -2.04. The van der Waals surface area contributed by atoms with Gasteiger partial charge in [-0.05, 0) is 30.9 Å². The monoisotopic (exact) mass is 293 g/mol. The van der Waals surface area contributed by atoms with Crippen LogP contribution < -0.4 is 10.1 Å². The molecule has 0 aromatic heterocycles. The molecule has 116 valence electrons. The molecule has 0 unspecified atom stereocenters. The van der Waals surface area contributed by atoms with E-state index in [2.05, 4.69) is 5.32 Å². The maximum atomic E-state index is 11.8. The second-order valence-corrected chi connectivity index (χ2v) is 5.45. The van der Waals surface area contributed by atoms with Crippen LogP contribution >= 0.6 is 0 Å². The largest absolute Gasteiger partial charge is 0.493 e. The van der Waals surface area contributed by atoms with Crippen LogP contribution in [0, 0.1) is 19.8 Å². The van der Waals surface area contributed by atoms with Crippen molar-refractivity contribution in [3.8, 4) is 5.75 Å². The number of benzene rings is 1. The molecule has 5 heteroatoms. The van der Waals surface area contributed by atoms with Crippen molar-refractivity contribution in [2.45, 2.75) is 40.2 Å². The Morgan fingerprint density at radius 2 is 1.81 bits per heavy atom. The Bertz CT molecular complexity index is 491. The quantitative estimate of drug-likeness (QED) is 0.809. The van der Waals surface area contributed by atoms with Gasteiger partial charge in [-0.3, -0.25) is 4.79 Å². The first kappa shape index (κ1) is 17.0. The summed E-state index contributed by atoms with van der Waals surface area (Å²) in [6.07, 6.45) is 0.129. The lowest BCUT2D eigenvalue weighted by molar-refractivity contribution is -0.143. The minimum atomic E-state index is -1.02. The zero-order chi connectivity index (χ0) is 16.0. The average Bonchev–Trinajstić information content (AvgIpc) is 2.38. The third kappa shape index (κ3) is 5.10. The number of carbonyl (C=O) groups excluding carboxylic acids is 1. The highest BCUT2D eigenvalue weighted by molar-refractivity contribution is 5.83. The van der Waals surface area contributed by atoms with Gasteiger partial charge in [0.2, 0.25) is 5.91 Å². The first-order valence-electron chi connectivity index (χ1n) is 7.04. The molecule has 1 aromatic rings. The number of para-hydroxylation sites is 1. The van der Waals surface area contributed by atoms with Gasteiger partial charge in [-0.2, -0.15) is 0 Å². The minimum Gasteiger partial charge on any atom is -0.493 e. The lowest BCUT2D eigenvalue weighted by Crippen LogP contribution is -2.44. The molecule has 0 spiro atoms. The zero-order valence-corrected chi connectivity index (χ0v) is 13.0. The molecule has 0 fully saturated rings.